The average molecular weight is 533 g/mol. The predicted octanol–water partition coefficient (Wildman–Crippen LogP) is 5.77. The van der Waals surface area contributed by atoms with Crippen molar-refractivity contribution in [3.05, 3.63) is 89.5 Å². The number of amides is 2. The van der Waals surface area contributed by atoms with Crippen molar-refractivity contribution in [3.63, 3.8) is 0 Å². The van der Waals surface area contributed by atoms with Gasteiger partial charge >= 0.3 is 12.1 Å². The number of rotatable bonds is 11. The van der Waals surface area contributed by atoms with Gasteiger partial charge in [0.05, 0.1) is 26.7 Å². The second kappa shape index (κ2) is 14.0. The second-order valence-corrected chi connectivity index (χ2v) is 9.24. The quantitative estimate of drug-likeness (QED) is 0.292. The zero-order chi connectivity index (χ0) is 28.4. The van der Waals surface area contributed by atoms with Gasteiger partial charge in [0.1, 0.15) is 11.5 Å². The summed E-state index contributed by atoms with van der Waals surface area (Å²) in [6.45, 7) is 5.73. The molecule has 0 saturated carbocycles. The Hall–Kier alpha value is -4.33. The van der Waals surface area contributed by atoms with Crippen molar-refractivity contribution in [1.29, 1.82) is 0 Å². The molecule has 0 bridgehead atoms. The first-order valence-electron chi connectivity index (χ1n) is 12.9. The summed E-state index contributed by atoms with van der Waals surface area (Å²) in [4.78, 5) is 40.1. The van der Waals surface area contributed by atoms with Gasteiger partial charge in [0.15, 0.2) is 0 Å². The maximum Gasteiger partial charge on any atom is 0.410 e. The van der Waals surface area contributed by atoms with Crippen molar-refractivity contribution in [2.45, 2.75) is 46.2 Å². The third-order valence-electron chi connectivity index (χ3n) is 6.34. The number of carbonyl (C=O) groups excluding carboxylic acids is 3. The zero-order valence-corrected chi connectivity index (χ0v) is 23.2. The highest BCUT2D eigenvalue weighted by Crippen LogP contribution is 2.31. The number of nitrogens with zero attached hydrogens (tertiary/aromatic N) is 2. The lowest BCUT2D eigenvalue weighted by Crippen LogP contribution is -2.39. The number of methoxy groups -OCH3 is 1. The molecule has 0 spiro atoms. The van der Waals surface area contributed by atoms with E-state index in [1.54, 1.807) is 43.1 Å². The molecule has 0 aliphatic heterocycles. The normalized spacial score (nSPS) is 11.3. The van der Waals surface area contributed by atoms with Gasteiger partial charge in [-0.2, -0.15) is 0 Å². The summed E-state index contributed by atoms with van der Waals surface area (Å²) in [5.41, 5.74) is 3.22. The van der Waals surface area contributed by atoms with Crippen molar-refractivity contribution in [2.24, 2.45) is 0 Å². The molecule has 0 aromatic heterocycles. The third-order valence-corrected chi connectivity index (χ3v) is 6.34. The predicted molar refractivity (Wildman–Crippen MR) is 150 cm³/mol. The second-order valence-electron chi connectivity index (χ2n) is 9.24. The number of ether oxygens (including phenoxy) is 3. The van der Waals surface area contributed by atoms with Gasteiger partial charge in [-0.25, -0.2) is 4.79 Å². The zero-order valence-electron chi connectivity index (χ0n) is 23.2. The van der Waals surface area contributed by atoms with Gasteiger partial charge in [0.2, 0.25) is 5.91 Å². The van der Waals surface area contributed by atoms with Gasteiger partial charge in [-0.1, -0.05) is 42.5 Å². The van der Waals surface area contributed by atoms with Gasteiger partial charge in [-0.3, -0.25) is 9.59 Å². The molecule has 0 heterocycles. The van der Waals surface area contributed by atoms with Crippen LogP contribution in [0.15, 0.2) is 72.8 Å². The molecule has 39 heavy (non-hydrogen) atoms. The van der Waals surface area contributed by atoms with E-state index >= 15 is 0 Å². The largest absolute Gasteiger partial charge is 0.466 e. The van der Waals surface area contributed by atoms with Crippen LogP contribution in [-0.4, -0.2) is 49.7 Å². The Bertz CT molecular complexity index is 1280. The number of carbonyl (C=O) groups is 3. The topological polar surface area (TPSA) is 85.4 Å². The molecule has 8 heteroatoms. The molecular weight excluding hydrogens is 496 g/mol. The van der Waals surface area contributed by atoms with Gasteiger partial charge < -0.3 is 24.0 Å². The minimum atomic E-state index is -0.467. The molecule has 0 unspecified atom stereocenters. The van der Waals surface area contributed by atoms with E-state index in [4.69, 9.17) is 14.2 Å². The smallest absolute Gasteiger partial charge is 0.410 e. The van der Waals surface area contributed by atoms with Crippen molar-refractivity contribution >= 4 is 23.7 Å². The van der Waals surface area contributed by atoms with E-state index in [2.05, 4.69) is 0 Å². The van der Waals surface area contributed by atoms with Gasteiger partial charge in [0, 0.05) is 31.3 Å². The Morgan fingerprint density at radius 3 is 2.31 bits per heavy atom. The fourth-order valence-electron chi connectivity index (χ4n) is 4.17. The maximum absolute atomic E-state index is 12.9. The van der Waals surface area contributed by atoms with Crippen LogP contribution in [0.25, 0.3) is 0 Å². The maximum atomic E-state index is 12.9. The van der Waals surface area contributed by atoms with Crippen LogP contribution in [0, 0.1) is 0 Å². The van der Waals surface area contributed by atoms with E-state index in [1.807, 2.05) is 55.5 Å². The van der Waals surface area contributed by atoms with Crippen molar-refractivity contribution in [3.8, 4) is 11.5 Å². The van der Waals surface area contributed by atoms with Crippen molar-refractivity contribution in [2.75, 3.05) is 25.7 Å². The summed E-state index contributed by atoms with van der Waals surface area (Å²) in [5, 5.41) is 0. The fraction of sp³-hybridized carbons (Fsp3) is 0.323. The molecule has 0 aliphatic rings. The Morgan fingerprint density at radius 1 is 0.923 bits per heavy atom. The molecule has 3 rings (SSSR count). The van der Waals surface area contributed by atoms with Crippen molar-refractivity contribution in [1.82, 2.24) is 4.90 Å². The van der Waals surface area contributed by atoms with Crippen LogP contribution in [0.5, 0.6) is 11.5 Å². The molecule has 2 amide bonds. The summed E-state index contributed by atoms with van der Waals surface area (Å²) in [6.07, 6.45) is 0.300. The van der Waals surface area contributed by atoms with E-state index in [-0.39, 0.29) is 30.9 Å². The standard InChI is InChI=1S/C31H36N2O6/c1-6-38-30(35)19-25-13-10-14-28(18-25)39-29-16-15-27(32(4)23(3)34)20-26(29)21-33(31(36)37-5)22(2)17-24-11-8-7-9-12-24/h7-16,18,20,22H,6,17,19,21H2,1-5H3/t22-/m0/s1. The van der Waals surface area contributed by atoms with Crippen LogP contribution in [0.3, 0.4) is 0 Å². The summed E-state index contributed by atoms with van der Waals surface area (Å²) in [7, 11) is 3.05. The van der Waals surface area contributed by atoms with E-state index in [0.717, 1.165) is 11.1 Å². The average Bonchev–Trinajstić information content (AvgIpc) is 2.92. The highest BCUT2D eigenvalue weighted by molar-refractivity contribution is 5.91. The first kappa shape index (κ1) is 29.2. The SMILES string of the molecule is CCOC(=O)Cc1cccc(Oc2ccc(N(C)C(C)=O)cc2CN(C(=O)OC)[C@@H](C)Cc2ccccc2)c1. The molecule has 206 valence electrons. The number of hydrogen-bond acceptors (Lipinski definition) is 6. The molecule has 0 radical (unpaired) electrons. The van der Waals surface area contributed by atoms with Crippen LogP contribution in [0.1, 0.15) is 37.5 Å². The summed E-state index contributed by atoms with van der Waals surface area (Å²) >= 11 is 0. The Labute approximate surface area is 230 Å². The Morgan fingerprint density at radius 2 is 1.64 bits per heavy atom. The van der Waals surface area contributed by atoms with Crippen LogP contribution >= 0.6 is 0 Å². The van der Waals surface area contributed by atoms with E-state index in [9.17, 15) is 14.4 Å². The molecule has 8 nitrogen and oxygen atoms in total. The summed E-state index contributed by atoms with van der Waals surface area (Å²) in [5.74, 6) is 0.620. The Kier molecular flexibility index (Phi) is 10.5. The van der Waals surface area contributed by atoms with Gasteiger partial charge in [0.25, 0.3) is 0 Å². The number of esters is 1. The monoisotopic (exact) mass is 532 g/mol. The highest BCUT2D eigenvalue weighted by atomic mass is 16.5. The highest BCUT2D eigenvalue weighted by Gasteiger charge is 2.24. The molecule has 0 saturated heterocycles. The lowest BCUT2D eigenvalue weighted by molar-refractivity contribution is -0.142. The number of hydrogen-bond donors (Lipinski definition) is 0. The fourth-order valence-corrected chi connectivity index (χ4v) is 4.17. The molecule has 0 N–H and O–H groups in total. The first-order valence-corrected chi connectivity index (χ1v) is 12.9. The lowest BCUT2D eigenvalue weighted by Gasteiger charge is -2.29. The molecular formula is C31H36N2O6. The van der Waals surface area contributed by atoms with E-state index < -0.39 is 6.09 Å². The molecule has 3 aromatic carbocycles. The third kappa shape index (κ3) is 8.33. The minimum Gasteiger partial charge on any atom is -0.466 e. The summed E-state index contributed by atoms with van der Waals surface area (Å²) < 4.78 is 16.5. The Balaban J connectivity index is 1.94. The van der Waals surface area contributed by atoms with Crippen LogP contribution in [0.2, 0.25) is 0 Å². The molecule has 1 atom stereocenters. The van der Waals surface area contributed by atoms with E-state index in [1.165, 1.54) is 18.9 Å². The molecule has 0 fully saturated rings. The first-order chi connectivity index (χ1) is 18.7. The molecule has 0 aliphatic carbocycles. The lowest BCUT2D eigenvalue weighted by atomic mass is 10.0. The number of benzene rings is 3. The van der Waals surface area contributed by atoms with Crippen molar-refractivity contribution < 1.29 is 28.6 Å². The van der Waals surface area contributed by atoms with E-state index in [0.29, 0.717) is 35.8 Å². The van der Waals surface area contributed by atoms with Crippen LogP contribution < -0.4 is 9.64 Å². The van der Waals surface area contributed by atoms with Gasteiger partial charge in [-0.15, -0.1) is 0 Å². The molecule has 3 aromatic rings. The number of anilines is 1. The van der Waals surface area contributed by atoms with Gasteiger partial charge in [-0.05, 0) is 61.7 Å². The summed E-state index contributed by atoms with van der Waals surface area (Å²) in [6, 6.07) is 22.4. The van der Waals surface area contributed by atoms with Crippen LogP contribution in [0.4, 0.5) is 10.5 Å². The minimum absolute atomic E-state index is 0.122. The van der Waals surface area contributed by atoms with Crippen LogP contribution in [-0.2, 0) is 38.4 Å².